The van der Waals surface area contributed by atoms with Crippen LogP contribution in [-0.4, -0.2) is 34.9 Å². The highest BCUT2D eigenvalue weighted by Crippen LogP contribution is 2.37. The molecule has 3 aromatic carbocycles. The molecule has 1 aromatic heterocycles. The summed E-state index contributed by atoms with van der Waals surface area (Å²) in [5.74, 6) is 1.91. The van der Waals surface area contributed by atoms with E-state index in [1.807, 2.05) is 31.2 Å². The number of hydrogen-bond acceptors (Lipinski definition) is 7. The Balaban J connectivity index is 1.43. The van der Waals surface area contributed by atoms with Crippen LogP contribution in [0.4, 0.5) is 11.6 Å². The maximum Gasteiger partial charge on any atom is 0.255 e. The van der Waals surface area contributed by atoms with Crippen LogP contribution in [0.1, 0.15) is 24.1 Å². The third-order valence-corrected chi connectivity index (χ3v) is 7.04. The number of anilines is 2. The van der Waals surface area contributed by atoms with Crippen LogP contribution < -0.4 is 24.8 Å². The molecule has 0 unspecified atom stereocenters. The third-order valence-electron chi connectivity index (χ3n) is 6.33. The molecule has 0 saturated heterocycles. The lowest BCUT2D eigenvalue weighted by molar-refractivity contribution is -0.113. The zero-order valence-corrected chi connectivity index (χ0v) is 22.9. The van der Waals surface area contributed by atoms with Crippen molar-refractivity contribution in [2.45, 2.75) is 19.6 Å². The van der Waals surface area contributed by atoms with Crippen molar-refractivity contribution in [1.29, 1.82) is 0 Å². The number of carbonyl (C=O) groups is 1. The Kier molecular flexibility index (Phi) is 7.63. The lowest BCUT2D eigenvalue weighted by Gasteiger charge is -2.29. The molecule has 9 nitrogen and oxygen atoms in total. The van der Waals surface area contributed by atoms with Gasteiger partial charge in [0, 0.05) is 27.4 Å². The van der Waals surface area contributed by atoms with Gasteiger partial charge in [0.05, 0.1) is 25.5 Å². The quantitative estimate of drug-likeness (QED) is 0.266. The van der Waals surface area contributed by atoms with Gasteiger partial charge in [-0.15, -0.1) is 0 Å². The van der Waals surface area contributed by atoms with Crippen LogP contribution in [0.25, 0.3) is 0 Å². The number of nitrogens with zero attached hydrogens (tertiary/aromatic N) is 3. The summed E-state index contributed by atoms with van der Waals surface area (Å²) in [6.07, 6.45) is 1.44. The molecule has 1 amide bonds. The molecule has 0 radical (unpaired) electrons. The van der Waals surface area contributed by atoms with Crippen molar-refractivity contribution >= 4 is 40.7 Å². The molecule has 200 valence electrons. The number of hydrogen-bond donors (Lipinski definition) is 2. The molecule has 39 heavy (non-hydrogen) atoms. The van der Waals surface area contributed by atoms with Crippen LogP contribution >= 0.6 is 23.2 Å². The minimum absolute atomic E-state index is 0.216. The van der Waals surface area contributed by atoms with Crippen LogP contribution in [0.2, 0.25) is 10.0 Å². The summed E-state index contributed by atoms with van der Waals surface area (Å²) in [4.78, 5) is 18.0. The summed E-state index contributed by atoms with van der Waals surface area (Å²) in [5, 5.41) is 11.6. The predicted molar refractivity (Wildman–Crippen MR) is 150 cm³/mol. The molecule has 1 aliphatic rings. The van der Waals surface area contributed by atoms with Gasteiger partial charge in [0.15, 0.2) is 0 Å². The minimum atomic E-state index is -0.549. The van der Waals surface area contributed by atoms with E-state index in [0.717, 1.165) is 5.56 Å². The van der Waals surface area contributed by atoms with Gasteiger partial charge in [-0.1, -0.05) is 41.4 Å². The number of benzene rings is 3. The monoisotopic (exact) mass is 565 g/mol. The number of carbonyl (C=O) groups excluding carboxylic acids is 1. The first kappa shape index (κ1) is 26.4. The lowest BCUT2D eigenvalue weighted by Crippen LogP contribution is -2.31. The minimum Gasteiger partial charge on any atom is -0.497 e. The second-order valence-electron chi connectivity index (χ2n) is 8.67. The average molecular weight is 566 g/mol. The molecule has 11 heteroatoms. The highest BCUT2D eigenvalue weighted by atomic mass is 35.5. The summed E-state index contributed by atoms with van der Waals surface area (Å²) in [6, 6.07) is 17.4. The molecule has 1 atom stereocenters. The number of amides is 1. The molecular weight excluding hydrogens is 541 g/mol. The fraction of sp³-hybridized carbons (Fsp3) is 0.179. The van der Waals surface area contributed by atoms with E-state index in [0.29, 0.717) is 55.8 Å². The van der Waals surface area contributed by atoms with Crippen molar-refractivity contribution in [2.24, 2.45) is 0 Å². The first-order valence-electron chi connectivity index (χ1n) is 12.0. The summed E-state index contributed by atoms with van der Waals surface area (Å²) < 4.78 is 18.4. The third kappa shape index (κ3) is 5.36. The molecule has 0 bridgehead atoms. The van der Waals surface area contributed by atoms with E-state index in [1.165, 1.54) is 13.4 Å². The van der Waals surface area contributed by atoms with Gasteiger partial charge in [-0.25, -0.2) is 4.68 Å². The van der Waals surface area contributed by atoms with Gasteiger partial charge in [0.25, 0.3) is 5.91 Å². The molecule has 2 heterocycles. The molecule has 2 N–H and O–H groups in total. The number of rotatable bonds is 8. The van der Waals surface area contributed by atoms with Crippen molar-refractivity contribution in [3.63, 3.8) is 0 Å². The normalized spacial score (nSPS) is 14.3. The zero-order valence-electron chi connectivity index (χ0n) is 21.4. The number of aromatic nitrogens is 3. The molecule has 0 aliphatic carbocycles. The topological polar surface area (TPSA) is 99.5 Å². The second kappa shape index (κ2) is 11.3. The number of nitrogens with one attached hydrogen (secondary N) is 2. The first-order chi connectivity index (χ1) is 18.9. The Bertz CT molecular complexity index is 1530. The van der Waals surface area contributed by atoms with E-state index >= 15 is 0 Å². The van der Waals surface area contributed by atoms with Crippen LogP contribution in [0, 0.1) is 0 Å². The standard InChI is InChI=1S/C28H25Cl2N5O4/c1-16-25(27(36)34-23-13-19(37-2)11-12-24(23)38-3)26(35-28(33-16)31-15-32-35)17-7-9-18(10-8-17)39-14-20-21(29)5-4-6-22(20)30/h4-13,15,26H,14H2,1-3H3,(H,34,36)(H,31,32,33)/t26-/m0/s1. The second-order valence-corrected chi connectivity index (χ2v) is 9.49. The summed E-state index contributed by atoms with van der Waals surface area (Å²) in [6.45, 7) is 2.04. The number of allylic oxidation sites excluding steroid dienone is 1. The molecule has 0 saturated carbocycles. The number of fused-ring (bicyclic) bond motifs is 1. The smallest absolute Gasteiger partial charge is 0.255 e. The van der Waals surface area contributed by atoms with E-state index in [-0.39, 0.29) is 12.5 Å². The van der Waals surface area contributed by atoms with Gasteiger partial charge in [-0.05, 0) is 48.9 Å². The van der Waals surface area contributed by atoms with Gasteiger partial charge < -0.3 is 24.8 Å². The van der Waals surface area contributed by atoms with Gasteiger partial charge in [-0.3, -0.25) is 4.79 Å². The van der Waals surface area contributed by atoms with Crippen molar-refractivity contribution < 1.29 is 19.0 Å². The van der Waals surface area contributed by atoms with Gasteiger partial charge in [0.1, 0.15) is 36.2 Å². The highest BCUT2D eigenvalue weighted by Gasteiger charge is 2.33. The van der Waals surface area contributed by atoms with E-state index in [9.17, 15) is 4.79 Å². The Morgan fingerprint density at radius 3 is 2.44 bits per heavy atom. The summed E-state index contributed by atoms with van der Waals surface area (Å²) in [5.41, 5.74) is 3.12. The number of methoxy groups -OCH3 is 2. The van der Waals surface area contributed by atoms with E-state index in [4.69, 9.17) is 37.4 Å². The Hall–Kier alpha value is -4.21. The number of halogens is 2. The van der Waals surface area contributed by atoms with E-state index in [2.05, 4.69) is 20.7 Å². The molecule has 4 aromatic rings. The summed E-state index contributed by atoms with van der Waals surface area (Å²) >= 11 is 12.5. The number of ether oxygens (including phenoxy) is 3. The van der Waals surface area contributed by atoms with Crippen molar-refractivity contribution in [3.05, 3.63) is 99.4 Å². The first-order valence-corrected chi connectivity index (χ1v) is 12.7. The van der Waals surface area contributed by atoms with E-state index < -0.39 is 6.04 Å². The molecule has 5 rings (SSSR count). The highest BCUT2D eigenvalue weighted by molar-refractivity contribution is 6.35. The summed E-state index contributed by atoms with van der Waals surface area (Å²) in [7, 11) is 3.10. The maximum atomic E-state index is 13.7. The van der Waals surface area contributed by atoms with E-state index in [1.54, 1.807) is 48.2 Å². The Morgan fingerprint density at radius 2 is 1.74 bits per heavy atom. The van der Waals surface area contributed by atoms with Crippen LogP contribution in [0.3, 0.4) is 0 Å². The maximum absolute atomic E-state index is 13.7. The molecule has 0 fully saturated rings. The van der Waals surface area contributed by atoms with Crippen molar-refractivity contribution in [3.8, 4) is 17.2 Å². The van der Waals surface area contributed by atoms with Crippen LogP contribution in [0.5, 0.6) is 17.2 Å². The lowest BCUT2D eigenvalue weighted by atomic mass is 9.95. The Labute approximate surface area is 235 Å². The van der Waals surface area contributed by atoms with Crippen LogP contribution in [0.15, 0.2) is 78.3 Å². The van der Waals surface area contributed by atoms with Crippen molar-refractivity contribution in [1.82, 2.24) is 14.8 Å². The average Bonchev–Trinajstić information content (AvgIpc) is 3.40. The zero-order chi connectivity index (χ0) is 27.5. The van der Waals surface area contributed by atoms with Gasteiger partial charge >= 0.3 is 0 Å². The predicted octanol–water partition coefficient (Wildman–Crippen LogP) is 6.11. The molecular formula is C28H25Cl2N5O4. The Morgan fingerprint density at radius 1 is 1.03 bits per heavy atom. The SMILES string of the molecule is COc1ccc(OC)c(NC(=O)C2=C(C)Nc3ncnn3[C@H]2c2ccc(OCc3c(Cl)cccc3Cl)cc2)c1. The van der Waals surface area contributed by atoms with Crippen molar-refractivity contribution in [2.75, 3.05) is 24.9 Å². The van der Waals surface area contributed by atoms with Gasteiger partial charge in [0.2, 0.25) is 5.95 Å². The fourth-order valence-corrected chi connectivity index (χ4v) is 4.87. The molecule has 1 aliphatic heterocycles. The fourth-order valence-electron chi connectivity index (χ4n) is 4.37. The van der Waals surface area contributed by atoms with Gasteiger partial charge in [-0.2, -0.15) is 10.1 Å². The molecule has 0 spiro atoms. The largest absolute Gasteiger partial charge is 0.497 e. The van der Waals surface area contributed by atoms with Crippen LogP contribution in [-0.2, 0) is 11.4 Å².